The summed E-state index contributed by atoms with van der Waals surface area (Å²) in [4.78, 5) is 13.2. The van der Waals surface area contributed by atoms with Gasteiger partial charge < -0.3 is 18.5 Å². The Balaban J connectivity index is 2.31. The van der Waals surface area contributed by atoms with E-state index in [9.17, 15) is 13.2 Å². The monoisotopic (exact) mass is 506 g/mol. The van der Waals surface area contributed by atoms with Gasteiger partial charge in [-0.05, 0) is 19.4 Å². The molecule has 0 amide bonds. The smallest absolute Gasteiger partial charge is 0.210 e. The van der Waals surface area contributed by atoms with Crippen molar-refractivity contribution in [3.05, 3.63) is 63.8 Å². The molecule has 0 atom stereocenters. The molecule has 0 spiro atoms. The van der Waals surface area contributed by atoms with Gasteiger partial charge in [0.2, 0.25) is 10.0 Å². The first-order valence-electron chi connectivity index (χ1n) is 10.6. The number of hydrogen-bond acceptors (Lipinski definition) is 6. The van der Waals surface area contributed by atoms with Crippen LogP contribution < -0.4 is 20.0 Å². The minimum atomic E-state index is -3.62. The zero-order valence-corrected chi connectivity index (χ0v) is 21.0. The Morgan fingerprint density at radius 3 is 2.53 bits per heavy atom. The third kappa shape index (κ3) is 5.38. The molecular weight excluding hydrogens is 480 g/mol. The molecule has 10 heteroatoms. The standard InChI is InChI=1S/C24H27ClN2O6S/c1-5-7-17(25)16(6-2)19-12-18(28)23-21(32-4)13-20(31-3)22(24(23)33-19)15-8-9-27(14-15)10-11-34(26,29)30/h6-9,12-14H,5,10-11H2,1-4H3,(H2,26,29,30)/b16-6+,17-7+. The Kier molecular flexibility index (Phi) is 7.91. The minimum Gasteiger partial charge on any atom is -0.496 e. The van der Waals surface area contributed by atoms with Crippen LogP contribution in [-0.4, -0.2) is 33.0 Å². The third-order valence-electron chi connectivity index (χ3n) is 5.24. The van der Waals surface area contributed by atoms with Gasteiger partial charge in [-0.2, -0.15) is 0 Å². The van der Waals surface area contributed by atoms with Crippen molar-refractivity contribution < 1.29 is 22.3 Å². The summed E-state index contributed by atoms with van der Waals surface area (Å²) in [5.41, 5.74) is 1.74. The number of rotatable bonds is 9. The molecule has 0 radical (unpaired) electrons. The van der Waals surface area contributed by atoms with Crippen LogP contribution in [0.4, 0.5) is 0 Å². The van der Waals surface area contributed by atoms with Crippen LogP contribution in [0.1, 0.15) is 26.0 Å². The molecule has 0 aliphatic rings. The van der Waals surface area contributed by atoms with Gasteiger partial charge in [0.15, 0.2) is 11.0 Å². The molecule has 0 saturated carbocycles. The number of methoxy groups -OCH3 is 2. The number of sulfonamides is 1. The number of allylic oxidation sites excluding steroid dienone is 4. The molecule has 1 aromatic carbocycles. The normalized spacial score (nSPS) is 12.9. The molecule has 34 heavy (non-hydrogen) atoms. The highest BCUT2D eigenvalue weighted by atomic mass is 35.5. The van der Waals surface area contributed by atoms with E-state index in [0.29, 0.717) is 45.4 Å². The topological polar surface area (TPSA) is 114 Å². The number of halogens is 1. The number of nitrogens with zero attached hydrogens (tertiary/aromatic N) is 1. The summed E-state index contributed by atoms with van der Waals surface area (Å²) < 4.78 is 41.7. The number of aromatic nitrogens is 1. The van der Waals surface area contributed by atoms with E-state index < -0.39 is 10.0 Å². The fraction of sp³-hybridized carbons (Fsp3) is 0.292. The lowest BCUT2D eigenvalue weighted by Crippen LogP contribution is -2.19. The van der Waals surface area contributed by atoms with E-state index in [0.717, 1.165) is 0 Å². The fourth-order valence-corrected chi connectivity index (χ4v) is 4.48. The van der Waals surface area contributed by atoms with E-state index in [-0.39, 0.29) is 28.7 Å². The van der Waals surface area contributed by atoms with Crippen LogP contribution in [0.5, 0.6) is 11.5 Å². The lowest BCUT2D eigenvalue weighted by atomic mass is 10.0. The Morgan fingerprint density at radius 1 is 1.24 bits per heavy atom. The van der Waals surface area contributed by atoms with Crippen molar-refractivity contribution in [2.24, 2.45) is 5.14 Å². The second-order valence-electron chi connectivity index (χ2n) is 7.50. The highest BCUT2D eigenvalue weighted by Crippen LogP contribution is 2.42. The molecule has 2 aromatic heterocycles. The van der Waals surface area contributed by atoms with Crippen molar-refractivity contribution in [1.82, 2.24) is 4.57 Å². The van der Waals surface area contributed by atoms with Gasteiger partial charge in [-0.15, -0.1) is 0 Å². The van der Waals surface area contributed by atoms with E-state index in [4.69, 9.17) is 30.6 Å². The molecule has 2 N–H and O–H groups in total. The Labute approximate surface area is 203 Å². The zero-order valence-electron chi connectivity index (χ0n) is 19.4. The van der Waals surface area contributed by atoms with Crippen molar-refractivity contribution in [3.63, 3.8) is 0 Å². The summed E-state index contributed by atoms with van der Waals surface area (Å²) in [6, 6.07) is 4.79. The molecule has 0 saturated heterocycles. The molecule has 0 bridgehead atoms. The second-order valence-corrected chi connectivity index (χ2v) is 9.64. The van der Waals surface area contributed by atoms with E-state index in [1.165, 1.54) is 20.3 Å². The average Bonchev–Trinajstić information content (AvgIpc) is 3.25. The summed E-state index contributed by atoms with van der Waals surface area (Å²) in [7, 11) is -0.653. The number of nitrogens with two attached hydrogens (primary N) is 1. The lowest BCUT2D eigenvalue weighted by Gasteiger charge is -2.15. The van der Waals surface area contributed by atoms with Crippen molar-refractivity contribution in [2.45, 2.75) is 26.8 Å². The summed E-state index contributed by atoms with van der Waals surface area (Å²) in [6.07, 6.45) is 7.78. The predicted molar refractivity (Wildman–Crippen MR) is 135 cm³/mol. The van der Waals surface area contributed by atoms with Gasteiger partial charge >= 0.3 is 0 Å². The SMILES string of the molecule is C/C=C(\C(Cl)=C/CC)c1cc(=O)c2c(OC)cc(OC)c(-c3ccn(CCS(N)(=O)=O)c3)c2o1. The van der Waals surface area contributed by atoms with Crippen LogP contribution in [0.15, 0.2) is 57.0 Å². The van der Waals surface area contributed by atoms with Crippen LogP contribution in [0.25, 0.3) is 27.7 Å². The first-order valence-corrected chi connectivity index (χ1v) is 12.6. The molecule has 8 nitrogen and oxygen atoms in total. The summed E-state index contributed by atoms with van der Waals surface area (Å²) in [5.74, 6) is 0.820. The highest BCUT2D eigenvalue weighted by Gasteiger charge is 2.22. The third-order valence-corrected chi connectivity index (χ3v) is 6.35. The molecule has 0 unspecified atom stereocenters. The van der Waals surface area contributed by atoms with E-state index in [1.54, 1.807) is 35.2 Å². The maximum Gasteiger partial charge on any atom is 0.210 e. The molecule has 3 aromatic rings. The largest absolute Gasteiger partial charge is 0.496 e. The molecule has 182 valence electrons. The number of hydrogen-bond donors (Lipinski definition) is 1. The van der Waals surface area contributed by atoms with Gasteiger partial charge in [-0.3, -0.25) is 4.79 Å². The van der Waals surface area contributed by atoms with E-state index >= 15 is 0 Å². The Bertz CT molecular complexity index is 1430. The van der Waals surface area contributed by atoms with Gasteiger partial charge in [0.25, 0.3) is 0 Å². The molecule has 0 aliphatic heterocycles. The zero-order chi connectivity index (χ0) is 25.0. The second kappa shape index (κ2) is 10.5. The van der Waals surface area contributed by atoms with Crippen molar-refractivity contribution in [1.29, 1.82) is 0 Å². The van der Waals surface area contributed by atoms with Gasteiger partial charge in [0, 0.05) is 47.2 Å². The maximum atomic E-state index is 13.2. The Morgan fingerprint density at radius 2 is 1.94 bits per heavy atom. The molecule has 0 aliphatic carbocycles. The van der Waals surface area contributed by atoms with Crippen molar-refractivity contribution in [3.8, 4) is 22.6 Å². The van der Waals surface area contributed by atoms with Crippen LogP contribution >= 0.6 is 11.6 Å². The predicted octanol–water partition coefficient (Wildman–Crippen LogP) is 4.50. The van der Waals surface area contributed by atoms with Gasteiger partial charge in [-0.1, -0.05) is 30.7 Å². The van der Waals surface area contributed by atoms with E-state index in [2.05, 4.69) is 0 Å². The number of ether oxygens (including phenoxy) is 2. The van der Waals surface area contributed by atoms with Gasteiger partial charge in [-0.25, -0.2) is 13.6 Å². The summed E-state index contributed by atoms with van der Waals surface area (Å²) >= 11 is 6.45. The molecular formula is C24H27ClN2O6S. The molecule has 3 rings (SSSR count). The lowest BCUT2D eigenvalue weighted by molar-refractivity contribution is 0.397. The summed E-state index contributed by atoms with van der Waals surface area (Å²) in [6.45, 7) is 3.94. The van der Waals surface area contributed by atoms with Crippen LogP contribution in [-0.2, 0) is 16.6 Å². The van der Waals surface area contributed by atoms with Crippen molar-refractivity contribution in [2.75, 3.05) is 20.0 Å². The van der Waals surface area contributed by atoms with Crippen LogP contribution in [0, 0.1) is 0 Å². The maximum absolute atomic E-state index is 13.2. The number of primary sulfonamides is 1. The van der Waals surface area contributed by atoms with Crippen molar-refractivity contribution >= 4 is 38.2 Å². The number of aryl methyl sites for hydroxylation is 1. The molecule has 0 fully saturated rings. The average molecular weight is 507 g/mol. The molecule has 2 heterocycles. The van der Waals surface area contributed by atoms with Gasteiger partial charge in [0.05, 0.1) is 25.5 Å². The van der Waals surface area contributed by atoms with E-state index in [1.807, 2.05) is 19.9 Å². The number of benzene rings is 1. The van der Waals surface area contributed by atoms with Crippen LogP contribution in [0.3, 0.4) is 0 Å². The first kappa shape index (κ1) is 25.6. The fourth-order valence-electron chi connectivity index (χ4n) is 3.65. The minimum absolute atomic E-state index is 0.171. The van der Waals surface area contributed by atoms with Gasteiger partial charge in [0.1, 0.15) is 22.6 Å². The van der Waals surface area contributed by atoms with Crippen LogP contribution in [0.2, 0.25) is 0 Å². The quantitative estimate of drug-likeness (QED) is 0.427. The summed E-state index contributed by atoms with van der Waals surface area (Å²) in [5, 5.41) is 5.85. The Hall–Kier alpha value is -3.01. The number of fused-ring (bicyclic) bond motifs is 1. The highest BCUT2D eigenvalue weighted by molar-refractivity contribution is 7.89. The first-order chi connectivity index (χ1) is 16.1.